The average Bonchev–Trinajstić information content (AvgIpc) is 2.85. The summed E-state index contributed by atoms with van der Waals surface area (Å²) < 4.78 is 6.28. The number of ether oxygens (including phenoxy) is 1. The Hall–Kier alpha value is -1.33. The molecule has 2 rings (SSSR count). The predicted octanol–water partition coefficient (Wildman–Crippen LogP) is 5.25. The summed E-state index contributed by atoms with van der Waals surface area (Å²) >= 11 is 5.25. The number of thiophene rings is 1. The largest absolute Gasteiger partial charge is 0.459 e. The summed E-state index contributed by atoms with van der Waals surface area (Å²) in [5.74, 6) is -0.286. The Bertz CT molecular complexity index is 607. The van der Waals surface area contributed by atoms with E-state index in [0.29, 0.717) is 5.56 Å². The Morgan fingerprint density at radius 2 is 1.86 bits per heavy atom. The third kappa shape index (κ3) is 4.32. The number of hydrogen-bond donors (Lipinski definition) is 1. The monoisotopic (exact) mass is 367 g/mol. The highest BCUT2D eigenvalue weighted by Gasteiger charge is 2.12. The fourth-order valence-corrected chi connectivity index (χ4v) is 3.64. The Labute approximate surface area is 137 Å². The van der Waals surface area contributed by atoms with Gasteiger partial charge < -0.3 is 10.1 Å². The van der Waals surface area contributed by atoms with Crippen molar-refractivity contribution in [1.82, 2.24) is 0 Å². The van der Waals surface area contributed by atoms with Gasteiger partial charge in [-0.15, -0.1) is 11.3 Å². The summed E-state index contributed by atoms with van der Waals surface area (Å²) in [6, 6.07) is 9.60. The smallest absolute Gasteiger partial charge is 0.338 e. The molecule has 0 aliphatic carbocycles. The van der Waals surface area contributed by atoms with Crippen molar-refractivity contribution in [3.63, 3.8) is 0 Å². The number of benzene rings is 1. The highest BCUT2D eigenvalue weighted by molar-refractivity contribution is 9.10. The molecule has 1 aromatic heterocycles. The summed E-state index contributed by atoms with van der Waals surface area (Å²) in [7, 11) is 0. The molecular weight excluding hydrogens is 350 g/mol. The van der Waals surface area contributed by atoms with E-state index in [1.165, 1.54) is 4.88 Å². The first-order valence-electron chi connectivity index (χ1n) is 6.78. The molecule has 0 saturated carbocycles. The summed E-state index contributed by atoms with van der Waals surface area (Å²) in [5, 5.41) is 5.48. The van der Waals surface area contributed by atoms with Crippen LogP contribution in [0.5, 0.6) is 0 Å². The van der Waals surface area contributed by atoms with Gasteiger partial charge in [0.25, 0.3) is 0 Å². The molecule has 0 spiro atoms. The highest BCUT2D eigenvalue weighted by Crippen LogP contribution is 2.31. The van der Waals surface area contributed by atoms with E-state index >= 15 is 0 Å². The van der Waals surface area contributed by atoms with E-state index < -0.39 is 0 Å². The van der Waals surface area contributed by atoms with E-state index in [1.807, 2.05) is 32.0 Å². The molecule has 1 heterocycles. The highest BCUT2D eigenvalue weighted by atomic mass is 79.9. The summed E-state index contributed by atoms with van der Waals surface area (Å²) in [6.07, 6.45) is -0.105. The van der Waals surface area contributed by atoms with Crippen molar-refractivity contribution < 1.29 is 9.53 Å². The lowest BCUT2D eigenvalue weighted by atomic mass is 10.2. The zero-order chi connectivity index (χ0) is 15.4. The number of carbonyl (C=O) groups is 1. The van der Waals surface area contributed by atoms with E-state index in [-0.39, 0.29) is 18.1 Å². The van der Waals surface area contributed by atoms with Gasteiger partial charge in [0, 0.05) is 15.0 Å². The van der Waals surface area contributed by atoms with E-state index in [1.54, 1.807) is 23.5 Å². The van der Waals surface area contributed by atoms with Crippen molar-refractivity contribution in [2.45, 2.75) is 32.9 Å². The van der Waals surface area contributed by atoms with Gasteiger partial charge in [-0.3, -0.25) is 0 Å². The van der Waals surface area contributed by atoms with Gasteiger partial charge in [0.1, 0.15) is 0 Å². The maximum absolute atomic E-state index is 11.8. The van der Waals surface area contributed by atoms with E-state index in [2.05, 4.69) is 33.6 Å². The van der Waals surface area contributed by atoms with Crippen LogP contribution in [0.2, 0.25) is 0 Å². The summed E-state index contributed by atoms with van der Waals surface area (Å²) in [6.45, 7) is 5.79. The fraction of sp³-hybridized carbons (Fsp3) is 0.312. The first-order valence-corrected chi connectivity index (χ1v) is 8.45. The van der Waals surface area contributed by atoms with Crippen LogP contribution in [0.15, 0.2) is 40.2 Å². The minimum atomic E-state index is -0.286. The molecule has 3 nitrogen and oxygen atoms in total. The van der Waals surface area contributed by atoms with E-state index in [4.69, 9.17) is 4.74 Å². The second kappa shape index (κ2) is 7.09. The van der Waals surface area contributed by atoms with Gasteiger partial charge in [-0.2, -0.15) is 0 Å². The van der Waals surface area contributed by atoms with Crippen molar-refractivity contribution in [3.05, 3.63) is 50.6 Å². The number of esters is 1. The van der Waals surface area contributed by atoms with Crippen molar-refractivity contribution in [2.75, 3.05) is 5.32 Å². The summed E-state index contributed by atoms with van der Waals surface area (Å²) in [4.78, 5) is 13.0. The first kappa shape index (κ1) is 16.0. The molecule has 1 unspecified atom stereocenters. The second-order valence-electron chi connectivity index (χ2n) is 5.03. The van der Waals surface area contributed by atoms with Crippen molar-refractivity contribution in [1.29, 1.82) is 0 Å². The summed E-state index contributed by atoms with van der Waals surface area (Å²) in [5.41, 5.74) is 1.54. The molecule has 0 saturated heterocycles. The number of halogens is 1. The number of nitrogens with one attached hydrogen (secondary N) is 1. The lowest BCUT2D eigenvalue weighted by Gasteiger charge is -2.15. The van der Waals surface area contributed by atoms with Crippen molar-refractivity contribution >= 4 is 38.9 Å². The van der Waals surface area contributed by atoms with Gasteiger partial charge in [0.2, 0.25) is 0 Å². The normalized spacial score (nSPS) is 12.2. The van der Waals surface area contributed by atoms with Gasteiger partial charge in [-0.05, 0) is 72.4 Å². The van der Waals surface area contributed by atoms with E-state index in [0.717, 1.165) is 10.2 Å². The van der Waals surface area contributed by atoms with Crippen LogP contribution in [0.4, 0.5) is 5.69 Å². The topological polar surface area (TPSA) is 38.3 Å². The zero-order valence-corrected chi connectivity index (χ0v) is 14.6. The molecule has 0 aliphatic heterocycles. The molecule has 2 aromatic rings. The molecule has 1 N–H and O–H groups in total. The van der Waals surface area contributed by atoms with Crippen LogP contribution in [-0.2, 0) is 4.74 Å². The van der Waals surface area contributed by atoms with Gasteiger partial charge in [0.15, 0.2) is 0 Å². The van der Waals surface area contributed by atoms with E-state index in [9.17, 15) is 4.79 Å². The van der Waals surface area contributed by atoms with Gasteiger partial charge in [-0.1, -0.05) is 0 Å². The maximum Gasteiger partial charge on any atom is 0.338 e. The lowest BCUT2D eigenvalue weighted by Crippen LogP contribution is -2.11. The van der Waals surface area contributed by atoms with Crippen LogP contribution in [0.25, 0.3) is 0 Å². The molecule has 5 heteroatoms. The third-order valence-electron chi connectivity index (χ3n) is 2.88. The standard InChI is InChI=1S/C16H18BrNO2S/c1-10(2)20-16(19)12-4-6-13(7-5-12)18-11(3)15-14(17)8-9-21-15/h4-11,18H,1-3H3. The van der Waals surface area contributed by atoms with Crippen LogP contribution >= 0.6 is 27.3 Å². The number of carbonyl (C=O) groups excluding carboxylic acids is 1. The van der Waals surface area contributed by atoms with Crippen LogP contribution in [0, 0.1) is 0 Å². The Balaban J connectivity index is 2.03. The molecule has 21 heavy (non-hydrogen) atoms. The minimum Gasteiger partial charge on any atom is -0.459 e. The molecule has 0 bridgehead atoms. The molecule has 0 amide bonds. The van der Waals surface area contributed by atoms with Gasteiger partial charge in [0.05, 0.1) is 17.7 Å². The van der Waals surface area contributed by atoms with Crippen molar-refractivity contribution in [3.8, 4) is 0 Å². The second-order valence-corrected chi connectivity index (χ2v) is 6.83. The van der Waals surface area contributed by atoms with Crippen LogP contribution < -0.4 is 5.32 Å². The first-order chi connectivity index (χ1) is 9.97. The zero-order valence-electron chi connectivity index (χ0n) is 12.2. The molecular formula is C16H18BrNO2S. The Morgan fingerprint density at radius 3 is 2.38 bits per heavy atom. The van der Waals surface area contributed by atoms with Crippen LogP contribution in [-0.4, -0.2) is 12.1 Å². The number of hydrogen-bond acceptors (Lipinski definition) is 4. The molecule has 0 aliphatic rings. The van der Waals surface area contributed by atoms with Crippen LogP contribution in [0.3, 0.4) is 0 Å². The Kier molecular flexibility index (Phi) is 5.42. The van der Waals surface area contributed by atoms with Crippen LogP contribution in [0.1, 0.15) is 42.0 Å². The quantitative estimate of drug-likeness (QED) is 0.733. The molecule has 0 fully saturated rings. The molecule has 0 radical (unpaired) electrons. The lowest BCUT2D eigenvalue weighted by molar-refractivity contribution is 0.0378. The fourth-order valence-electron chi connectivity index (χ4n) is 1.91. The molecule has 1 atom stereocenters. The average molecular weight is 368 g/mol. The number of anilines is 1. The van der Waals surface area contributed by atoms with Gasteiger partial charge >= 0.3 is 5.97 Å². The maximum atomic E-state index is 11.8. The predicted molar refractivity (Wildman–Crippen MR) is 91.1 cm³/mol. The van der Waals surface area contributed by atoms with Gasteiger partial charge in [-0.25, -0.2) is 4.79 Å². The number of rotatable bonds is 5. The molecule has 112 valence electrons. The SMILES string of the molecule is CC(C)OC(=O)c1ccc(NC(C)c2sccc2Br)cc1. The third-order valence-corrected chi connectivity index (χ3v) is 4.94. The molecule has 1 aromatic carbocycles. The minimum absolute atomic E-state index is 0.105. The Morgan fingerprint density at radius 1 is 1.19 bits per heavy atom. The van der Waals surface area contributed by atoms with Crippen molar-refractivity contribution in [2.24, 2.45) is 0 Å².